The van der Waals surface area contributed by atoms with Crippen LogP contribution in [0.4, 0.5) is 16.5 Å². The van der Waals surface area contributed by atoms with Crippen LogP contribution in [0.25, 0.3) is 11.3 Å². The van der Waals surface area contributed by atoms with Gasteiger partial charge in [-0.3, -0.25) is 19.9 Å². The Morgan fingerprint density at radius 3 is 2.54 bits per heavy atom. The van der Waals surface area contributed by atoms with E-state index in [1.54, 1.807) is 31.4 Å². The van der Waals surface area contributed by atoms with Gasteiger partial charge in [-0.2, -0.15) is 0 Å². The summed E-state index contributed by atoms with van der Waals surface area (Å²) in [5.74, 6) is -2.51. The third-order valence-electron chi connectivity index (χ3n) is 6.04. The molecule has 2 heterocycles. The second-order valence-electron chi connectivity index (χ2n) is 8.32. The number of anilines is 2. The van der Waals surface area contributed by atoms with E-state index in [9.17, 15) is 19.7 Å². The number of esters is 2. The number of thiazole rings is 1. The number of nitro benzene ring substituents is 1. The number of rotatable bonds is 7. The summed E-state index contributed by atoms with van der Waals surface area (Å²) in [6.45, 7) is 3.45. The van der Waals surface area contributed by atoms with E-state index in [0.717, 1.165) is 0 Å². The van der Waals surface area contributed by atoms with Crippen molar-refractivity contribution < 1.29 is 24.0 Å². The highest BCUT2D eigenvalue weighted by Crippen LogP contribution is 2.41. The van der Waals surface area contributed by atoms with Gasteiger partial charge in [-0.1, -0.05) is 24.3 Å². The topological polar surface area (TPSA) is 133 Å². The van der Waals surface area contributed by atoms with E-state index >= 15 is 0 Å². The number of non-ortho nitro benzene ring substituents is 1. The van der Waals surface area contributed by atoms with Gasteiger partial charge in [-0.05, 0) is 31.5 Å². The number of benzene rings is 2. The van der Waals surface area contributed by atoms with Gasteiger partial charge in [0, 0.05) is 46.1 Å². The Labute approximate surface area is 216 Å². The van der Waals surface area contributed by atoms with E-state index < -0.39 is 28.7 Å². The van der Waals surface area contributed by atoms with Gasteiger partial charge < -0.3 is 14.8 Å². The van der Waals surface area contributed by atoms with E-state index in [4.69, 9.17) is 9.47 Å². The summed E-state index contributed by atoms with van der Waals surface area (Å²) < 4.78 is 10.1. The Morgan fingerprint density at radius 1 is 1.08 bits per heavy atom. The van der Waals surface area contributed by atoms with E-state index in [0.29, 0.717) is 44.6 Å². The van der Waals surface area contributed by atoms with Gasteiger partial charge in [0.05, 0.1) is 30.4 Å². The predicted molar refractivity (Wildman–Crippen MR) is 140 cm³/mol. The molecule has 1 N–H and O–H groups in total. The standard InChI is InChI=1S/C26H24N4O6S/c1-14-21(24(31)35-3)23(22(15(2)27-14)25(32)36-4)17-8-5-9-18(11-17)28-26-29-20(13-37-26)16-7-6-10-19(12-16)30(33)34/h5-13,21,23H,1-4H3,(H,28,29). The smallest absolute Gasteiger partial charge is 0.336 e. The van der Waals surface area contributed by atoms with Crippen molar-refractivity contribution in [3.8, 4) is 11.3 Å². The molecule has 2 unspecified atom stereocenters. The van der Waals surface area contributed by atoms with E-state index in [2.05, 4.69) is 15.3 Å². The molecule has 1 aromatic heterocycles. The lowest BCUT2D eigenvalue weighted by molar-refractivity contribution is -0.384. The number of hydrogen-bond acceptors (Lipinski definition) is 10. The minimum atomic E-state index is -0.793. The molecule has 0 spiro atoms. The molecule has 2 aromatic carbocycles. The molecule has 2 atom stereocenters. The summed E-state index contributed by atoms with van der Waals surface area (Å²) >= 11 is 1.35. The number of aromatic nitrogens is 1. The number of carbonyl (C=O) groups is 2. The molecule has 190 valence electrons. The van der Waals surface area contributed by atoms with Gasteiger partial charge in [0.15, 0.2) is 5.13 Å². The summed E-state index contributed by atoms with van der Waals surface area (Å²) in [6.07, 6.45) is 0. The maximum Gasteiger partial charge on any atom is 0.336 e. The second kappa shape index (κ2) is 10.7. The van der Waals surface area contributed by atoms with Crippen molar-refractivity contribution in [1.82, 2.24) is 4.98 Å². The first-order valence-electron chi connectivity index (χ1n) is 11.2. The number of ether oxygens (including phenoxy) is 2. The normalized spacial score (nSPS) is 17.1. The minimum Gasteiger partial charge on any atom is -0.468 e. The average Bonchev–Trinajstić information content (AvgIpc) is 3.36. The molecule has 0 saturated heterocycles. The molecule has 0 bridgehead atoms. The Hall–Kier alpha value is -4.38. The average molecular weight is 521 g/mol. The predicted octanol–water partition coefficient (Wildman–Crippen LogP) is 5.26. The molecular weight excluding hydrogens is 496 g/mol. The Balaban J connectivity index is 1.67. The van der Waals surface area contributed by atoms with Crippen LogP contribution in [0, 0.1) is 16.0 Å². The summed E-state index contributed by atoms with van der Waals surface area (Å²) in [5.41, 5.74) is 3.92. The molecule has 4 rings (SSSR count). The van der Waals surface area contributed by atoms with Crippen LogP contribution < -0.4 is 5.32 Å². The van der Waals surface area contributed by atoms with Crippen LogP contribution in [0.2, 0.25) is 0 Å². The molecule has 1 aliphatic heterocycles. The van der Waals surface area contributed by atoms with Crippen molar-refractivity contribution in [2.45, 2.75) is 19.8 Å². The monoisotopic (exact) mass is 520 g/mol. The van der Waals surface area contributed by atoms with Crippen LogP contribution in [0.15, 0.2) is 70.2 Å². The fourth-order valence-corrected chi connectivity index (χ4v) is 5.12. The summed E-state index contributed by atoms with van der Waals surface area (Å²) in [4.78, 5) is 45.1. The van der Waals surface area contributed by atoms with Crippen molar-refractivity contribution in [1.29, 1.82) is 0 Å². The highest BCUT2D eigenvalue weighted by molar-refractivity contribution is 7.14. The molecule has 1 aliphatic rings. The Morgan fingerprint density at radius 2 is 1.84 bits per heavy atom. The lowest BCUT2D eigenvalue weighted by atomic mass is 9.75. The zero-order chi connectivity index (χ0) is 26.7. The first-order chi connectivity index (χ1) is 17.7. The van der Waals surface area contributed by atoms with Crippen LogP contribution in [-0.2, 0) is 19.1 Å². The van der Waals surface area contributed by atoms with Crippen LogP contribution in [-0.4, -0.2) is 41.8 Å². The van der Waals surface area contributed by atoms with Crippen molar-refractivity contribution in [3.63, 3.8) is 0 Å². The SMILES string of the molecule is COC(=O)C1=C(C)N=C(C)C(C(=O)OC)C1c1cccc(Nc2nc(-c3cccc([N+](=O)[O-])c3)cs2)c1. The van der Waals surface area contributed by atoms with Crippen LogP contribution >= 0.6 is 11.3 Å². The maximum atomic E-state index is 12.8. The van der Waals surface area contributed by atoms with Gasteiger partial charge in [0.2, 0.25) is 0 Å². The molecule has 0 aliphatic carbocycles. The van der Waals surface area contributed by atoms with Crippen molar-refractivity contribution in [2.75, 3.05) is 19.5 Å². The summed E-state index contributed by atoms with van der Waals surface area (Å²) in [5, 5.41) is 16.7. The highest BCUT2D eigenvalue weighted by atomic mass is 32.1. The lowest BCUT2D eigenvalue weighted by Crippen LogP contribution is -2.36. The van der Waals surface area contributed by atoms with Crippen molar-refractivity contribution >= 4 is 45.5 Å². The maximum absolute atomic E-state index is 12.8. The fourth-order valence-electron chi connectivity index (χ4n) is 4.38. The van der Waals surface area contributed by atoms with E-state index in [1.807, 2.05) is 24.3 Å². The van der Waals surface area contributed by atoms with E-state index in [1.165, 1.54) is 37.7 Å². The number of methoxy groups -OCH3 is 2. The number of nitro groups is 1. The number of hydrogen-bond donors (Lipinski definition) is 1. The Kier molecular flexibility index (Phi) is 7.44. The number of aliphatic imine (C=N–C) groups is 1. The van der Waals surface area contributed by atoms with Gasteiger partial charge in [-0.15, -0.1) is 11.3 Å². The molecular formula is C26H24N4O6S. The van der Waals surface area contributed by atoms with Gasteiger partial charge in [0.25, 0.3) is 5.69 Å². The van der Waals surface area contributed by atoms with Crippen LogP contribution in [0.1, 0.15) is 25.3 Å². The minimum absolute atomic E-state index is 0.0102. The summed E-state index contributed by atoms with van der Waals surface area (Å²) in [6, 6.07) is 13.6. The fraction of sp³-hybridized carbons (Fsp3) is 0.231. The van der Waals surface area contributed by atoms with Gasteiger partial charge >= 0.3 is 11.9 Å². The molecule has 0 amide bonds. The molecule has 0 saturated carbocycles. The molecule has 0 fully saturated rings. The zero-order valence-electron chi connectivity index (χ0n) is 20.6. The molecule has 3 aromatic rings. The van der Waals surface area contributed by atoms with Gasteiger partial charge in [-0.25, -0.2) is 9.78 Å². The summed E-state index contributed by atoms with van der Waals surface area (Å²) in [7, 11) is 2.59. The van der Waals surface area contributed by atoms with E-state index in [-0.39, 0.29) is 5.69 Å². The largest absolute Gasteiger partial charge is 0.468 e. The lowest BCUT2D eigenvalue weighted by Gasteiger charge is -2.31. The van der Waals surface area contributed by atoms with Crippen molar-refractivity contribution in [2.24, 2.45) is 10.9 Å². The third kappa shape index (κ3) is 5.26. The number of carbonyl (C=O) groups excluding carboxylic acids is 2. The Bertz CT molecular complexity index is 1440. The number of allylic oxidation sites excluding steroid dienone is 1. The van der Waals surface area contributed by atoms with Crippen LogP contribution in [0.3, 0.4) is 0 Å². The molecule has 0 radical (unpaired) electrons. The molecule has 10 nitrogen and oxygen atoms in total. The third-order valence-corrected chi connectivity index (χ3v) is 6.80. The quantitative estimate of drug-likeness (QED) is 0.253. The number of nitrogens with one attached hydrogen (secondary N) is 1. The zero-order valence-corrected chi connectivity index (χ0v) is 21.4. The molecule has 11 heteroatoms. The van der Waals surface area contributed by atoms with Gasteiger partial charge in [0.1, 0.15) is 5.92 Å². The highest BCUT2D eigenvalue weighted by Gasteiger charge is 2.42. The molecule has 37 heavy (non-hydrogen) atoms. The van der Waals surface area contributed by atoms with Crippen LogP contribution in [0.5, 0.6) is 0 Å². The first-order valence-corrected chi connectivity index (χ1v) is 12.1. The number of nitrogens with zero attached hydrogens (tertiary/aromatic N) is 3. The van der Waals surface area contributed by atoms with Crippen molar-refractivity contribution in [3.05, 3.63) is 80.9 Å². The second-order valence-corrected chi connectivity index (χ2v) is 9.18. The first kappa shape index (κ1) is 25.7.